The van der Waals surface area contributed by atoms with Gasteiger partial charge in [0.2, 0.25) is 11.8 Å². The molecule has 0 spiro atoms. The van der Waals surface area contributed by atoms with Crippen molar-refractivity contribution in [1.82, 2.24) is 9.97 Å². The van der Waals surface area contributed by atoms with E-state index < -0.39 is 0 Å². The second-order valence-electron chi connectivity index (χ2n) is 2.07. The number of ether oxygens (including phenoxy) is 2. The maximum absolute atomic E-state index is 5.46. The molecule has 1 heterocycles. The zero-order chi connectivity index (χ0) is 8.97. The smallest absolute Gasteiger partial charge is 0.224 e. The lowest BCUT2D eigenvalue weighted by Gasteiger charge is -2.07. The number of rotatable bonds is 3. The van der Waals surface area contributed by atoms with Crippen LogP contribution in [0.2, 0.25) is 0 Å². The summed E-state index contributed by atoms with van der Waals surface area (Å²) in [7, 11) is 3.06. The zero-order valence-corrected chi connectivity index (χ0v) is 7.07. The van der Waals surface area contributed by atoms with Crippen molar-refractivity contribution in [2.45, 2.75) is 6.54 Å². The fraction of sp³-hybridized carbons (Fsp3) is 0.429. The number of aromatic nitrogens is 2. The van der Waals surface area contributed by atoms with Crippen molar-refractivity contribution in [3.8, 4) is 11.8 Å². The van der Waals surface area contributed by atoms with Crippen LogP contribution in [0.1, 0.15) is 5.56 Å². The average Bonchev–Trinajstić information content (AvgIpc) is 2.16. The lowest BCUT2D eigenvalue weighted by Crippen LogP contribution is -2.05. The number of nitrogens with two attached hydrogens (primary N) is 1. The topological polar surface area (TPSA) is 70.3 Å². The van der Waals surface area contributed by atoms with Gasteiger partial charge in [-0.25, -0.2) is 9.97 Å². The van der Waals surface area contributed by atoms with Gasteiger partial charge in [0, 0.05) is 6.54 Å². The Hall–Kier alpha value is -1.36. The molecule has 1 rings (SSSR count). The van der Waals surface area contributed by atoms with E-state index in [0.29, 0.717) is 23.9 Å². The normalized spacial score (nSPS) is 9.58. The number of hydrogen-bond donors (Lipinski definition) is 1. The Morgan fingerprint density at radius 2 is 1.75 bits per heavy atom. The average molecular weight is 169 g/mol. The third-order valence-corrected chi connectivity index (χ3v) is 1.46. The lowest BCUT2D eigenvalue weighted by molar-refractivity contribution is 0.362. The van der Waals surface area contributed by atoms with Crippen molar-refractivity contribution in [3.05, 3.63) is 11.9 Å². The van der Waals surface area contributed by atoms with Crippen LogP contribution >= 0.6 is 0 Å². The highest BCUT2D eigenvalue weighted by atomic mass is 16.5. The van der Waals surface area contributed by atoms with Gasteiger partial charge < -0.3 is 15.2 Å². The van der Waals surface area contributed by atoms with Crippen LogP contribution in [0.4, 0.5) is 0 Å². The van der Waals surface area contributed by atoms with Gasteiger partial charge in [-0.05, 0) is 0 Å². The first-order valence-electron chi connectivity index (χ1n) is 3.45. The van der Waals surface area contributed by atoms with Gasteiger partial charge >= 0.3 is 0 Å². The molecule has 0 saturated carbocycles. The Labute approximate surface area is 70.5 Å². The van der Waals surface area contributed by atoms with Gasteiger partial charge in [0.05, 0.1) is 19.8 Å². The minimum Gasteiger partial charge on any atom is -0.481 e. The first-order valence-corrected chi connectivity index (χ1v) is 3.45. The summed E-state index contributed by atoms with van der Waals surface area (Å²) in [6.45, 7) is 0.299. The van der Waals surface area contributed by atoms with Crippen molar-refractivity contribution in [2.24, 2.45) is 5.73 Å². The van der Waals surface area contributed by atoms with Crippen LogP contribution in [-0.2, 0) is 6.54 Å². The van der Waals surface area contributed by atoms with Gasteiger partial charge in [-0.2, -0.15) is 0 Å². The molecule has 5 nitrogen and oxygen atoms in total. The summed E-state index contributed by atoms with van der Waals surface area (Å²) in [5.74, 6) is 0.925. The molecule has 5 heteroatoms. The van der Waals surface area contributed by atoms with Crippen molar-refractivity contribution >= 4 is 0 Å². The third-order valence-electron chi connectivity index (χ3n) is 1.46. The number of hydrogen-bond acceptors (Lipinski definition) is 5. The first kappa shape index (κ1) is 8.73. The molecule has 0 aliphatic carbocycles. The molecule has 0 aliphatic rings. The van der Waals surface area contributed by atoms with E-state index in [1.165, 1.54) is 20.5 Å². The molecule has 2 N–H and O–H groups in total. The molecule has 1 aromatic heterocycles. The highest BCUT2D eigenvalue weighted by Gasteiger charge is 2.09. The van der Waals surface area contributed by atoms with E-state index in [1.54, 1.807) is 0 Å². The molecule has 0 aliphatic heterocycles. The molecule has 0 atom stereocenters. The van der Waals surface area contributed by atoms with E-state index in [-0.39, 0.29) is 0 Å². The molecular formula is C7H11N3O2. The van der Waals surface area contributed by atoms with E-state index in [4.69, 9.17) is 15.2 Å². The number of nitrogens with zero attached hydrogens (tertiary/aromatic N) is 2. The second-order valence-corrected chi connectivity index (χ2v) is 2.07. The van der Waals surface area contributed by atoms with Gasteiger partial charge in [-0.15, -0.1) is 0 Å². The maximum atomic E-state index is 5.46. The van der Waals surface area contributed by atoms with Crippen molar-refractivity contribution in [1.29, 1.82) is 0 Å². The third kappa shape index (κ3) is 1.45. The van der Waals surface area contributed by atoms with Crippen LogP contribution < -0.4 is 15.2 Å². The Morgan fingerprint density at radius 3 is 2.08 bits per heavy atom. The highest BCUT2D eigenvalue weighted by Crippen LogP contribution is 2.21. The van der Waals surface area contributed by atoms with Gasteiger partial charge in [0.15, 0.2) is 0 Å². The Balaban J connectivity index is 3.13. The molecule has 66 valence electrons. The monoisotopic (exact) mass is 169 g/mol. The highest BCUT2D eigenvalue weighted by molar-refractivity contribution is 5.33. The van der Waals surface area contributed by atoms with Crippen molar-refractivity contribution < 1.29 is 9.47 Å². The standard InChI is InChI=1S/C7H11N3O2/c1-11-6-5(3-8)7(12-2)10-4-9-6/h4H,3,8H2,1-2H3. The minimum absolute atomic E-state index is 0.299. The molecule has 0 amide bonds. The molecule has 0 saturated heterocycles. The summed E-state index contributed by atoms with van der Waals surface area (Å²) >= 11 is 0. The Kier molecular flexibility index (Phi) is 2.82. The zero-order valence-electron chi connectivity index (χ0n) is 7.07. The molecule has 0 aromatic carbocycles. The van der Waals surface area contributed by atoms with E-state index in [1.807, 2.05) is 0 Å². The summed E-state index contributed by atoms with van der Waals surface area (Å²) in [6.07, 6.45) is 1.37. The van der Waals surface area contributed by atoms with E-state index in [0.717, 1.165) is 0 Å². The van der Waals surface area contributed by atoms with Crippen LogP contribution in [0.25, 0.3) is 0 Å². The molecule has 0 radical (unpaired) electrons. The SMILES string of the molecule is COc1ncnc(OC)c1CN. The van der Waals surface area contributed by atoms with E-state index >= 15 is 0 Å². The lowest BCUT2D eigenvalue weighted by atomic mass is 10.3. The Morgan fingerprint density at radius 1 is 1.25 bits per heavy atom. The second kappa shape index (κ2) is 3.87. The summed E-state index contributed by atoms with van der Waals surface area (Å²) in [6, 6.07) is 0. The van der Waals surface area contributed by atoms with Crippen LogP contribution in [0.5, 0.6) is 11.8 Å². The quantitative estimate of drug-likeness (QED) is 0.687. The Bertz CT molecular complexity index is 243. The van der Waals surface area contributed by atoms with Gasteiger partial charge in [-0.3, -0.25) is 0 Å². The van der Waals surface area contributed by atoms with Crippen LogP contribution in [0.15, 0.2) is 6.33 Å². The first-order chi connectivity index (χ1) is 5.83. The maximum Gasteiger partial charge on any atom is 0.224 e. The van der Waals surface area contributed by atoms with Crippen LogP contribution in [-0.4, -0.2) is 24.2 Å². The predicted octanol–water partition coefficient (Wildman–Crippen LogP) is -0.0475. The van der Waals surface area contributed by atoms with Crippen LogP contribution in [0, 0.1) is 0 Å². The predicted molar refractivity (Wildman–Crippen MR) is 43.0 cm³/mol. The van der Waals surface area contributed by atoms with Gasteiger partial charge in [0.1, 0.15) is 6.33 Å². The largest absolute Gasteiger partial charge is 0.481 e. The molecule has 12 heavy (non-hydrogen) atoms. The molecule has 0 bridgehead atoms. The van der Waals surface area contributed by atoms with E-state index in [2.05, 4.69) is 9.97 Å². The fourth-order valence-electron chi connectivity index (χ4n) is 0.907. The fourth-order valence-corrected chi connectivity index (χ4v) is 0.907. The molecule has 0 fully saturated rings. The summed E-state index contributed by atoms with van der Waals surface area (Å²) in [4.78, 5) is 7.77. The summed E-state index contributed by atoms with van der Waals surface area (Å²) < 4.78 is 9.94. The van der Waals surface area contributed by atoms with Gasteiger partial charge in [-0.1, -0.05) is 0 Å². The van der Waals surface area contributed by atoms with Crippen LogP contribution in [0.3, 0.4) is 0 Å². The summed E-state index contributed by atoms with van der Waals surface area (Å²) in [5, 5.41) is 0. The van der Waals surface area contributed by atoms with Gasteiger partial charge in [0.25, 0.3) is 0 Å². The molecule has 1 aromatic rings. The number of methoxy groups -OCH3 is 2. The minimum atomic E-state index is 0.299. The summed E-state index contributed by atoms with van der Waals surface area (Å²) in [5.41, 5.74) is 6.15. The molecular weight excluding hydrogens is 158 g/mol. The molecule has 0 unspecified atom stereocenters. The van der Waals surface area contributed by atoms with E-state index in [9.17, 15) is 0 Å². The van der Waals surface area contributed by atoms with Crippen molar-refractivity contribution in [3.63, 3.8) is 0 Å². The van der Waals surface area contributed by atoms with Crippen molar-refractivity contribution in [2.75, 3.05) is 14.2 Å².